The molecule has 0 aromatic heterocycles. The highest BCUT2D eigenvalue weighted by molar-refractivity contribution is 6.30. The largest absolute Gasteiger partial charge is 0.497 e. The van der Waals surface area contributed by atoms with Crippen molar-refractivity contribution in [3.05, 3.63) is 70.8 Å². The van der Waals surface area contributed by atoms with Crippen molar-refractivity contribution >= 4 is 35.5 Å². The number of rotatable bonds is 9. The van der Waals surface area contributed by atoms with Gasteiger partial charge < -0.3 is 19.7 Å². The summed E-state index contributed by atoms with van der Waals surface area (Å²) < 4.78 is 10.1. The number of halogens is 1. The minimum Gasteiger partial charge on any atom is -0.497 e. The summed E-state index contributed by atoms with van der Waals surface area (Å²) in [5.74, 6) is -0.808. The van der Waals surface area contributed by atoms with Crippen LogP contribution in [0.25, 0.3) is 6.08 Å². The van der Waals surface area contributed by atoms with Crippen molar-refractivity contribution in [3.8, 4) is 5.75 Å². The van der Waals surface area contributed by atoms with Gasteiger partial charge in [0, 0.05) is 24.7 Å². The minimum absolute atomic E-state index is 0.333. The third-order valence-electron chi connectivity index (χ3n) is 4.33. The summed E-state index contributed by atoms with van der Waals surface area (Å²) in [5.41, 5.74) is 1.67. The quantitative estimate of drug-likeness (QED) is 0.474. The first-order valence-corrected chi connectivity index (χ1v) is 9.94. The Kier molecular flexibility index (Phi) is 9.09. The lowest BCUT2D eigenvalue weighted by Crippen LogP contribution is -2.40. The highest BCUT2D eigenvalue weighted by Gasteiger charge is 2.18. The molecule has 31 heavy (non-hydrogen) atoms. The second-order valence-electron chi connectivity index (χ2n) is 6.82. The lowest BCUT2D eigenvalue weighted by molar-refractivity contribution is -0.153. The zero-order valence-corrected chi connectivity index (χ0v) is 18.4. The van der Waals surface area contributed by atoms with Crippen LogP contribution in [0.3, 0.4) is 0 Å². The number of likely N-dealkylation sites (N-methyl/N-ethyl adjacent to an activating group) is 1. The number of amides is 2. The van der Waals surface area contributed by atoms with Crippen molar-refractivity contribution in [2.75, 3.05) is 20.8 Å². The van der Waals surface area contributed by atoms with Crippen molar-refractivity contribution in [1.82, 2.24) is 10.2 Å². The number of benzene rings is 2. The number of esters is 1. The van der Waals surface area contributed by atoms with E-state index >= 15 is 0 Å². The summed E-state index contributed by atoms with van der Waals surface area (Å²) in [6, 6.07) is 13.4. The van der Waals surface area contributed by atoms with E-state index in [4.69, 9.17) is 21.1 Å². The number of carbonyl (C=O) groups excluding carboxylic acids is 3. The summed E-state index contributed by atoms with van der Waals surface area (Å²) in [5, 5.41) is 3.09. The number of hydrogen-bond donors (Lipinski definition) is 1. The molecule has 0 saturated heterocycles. The smallest absolute Gasteiger partial charge is 0.328 e. The number of carbonyl (C=O) groups is 3. The van der Waals surface area contributed by atoms with E-state index in [9.17, 15) is 14.4 Å². The molecule has 8 heteroatoms. The Morgan fingerprint density at radius 1 is 1.16 bits per heavy atom. The van der Waals surface area contributed by atoms with Crippen LogP contribution in [-0.2, 0) is 25.7 Å². The van der Waals surface area contributed by atoms with E-state index in [2.05, 4.69) is 5.32 Å². The van der Waals surface area contributed by atoms with Crippen LogP contribution in [0.1, 0.15) is 18.1 Å². The van der Waals surface area contributed by atoms with E-state index in [0.717, 1.165) is 11.1 Å². The highest BCUT2D eigenvalue weighted by atomic mass is 35.5. The molecule has 0 aliphatic heterocycles. The Morgan fingerprint density at radius 2 is 1.87 bits per heavy atom. The van der Waals surface area contributed by atoms with Crippen LogP contribution >= 0.6 is 11.6 Å². The highest BCUT2D eigenvalue weighted by Crippen LogP contribution is 2.13. The van der Waals surface area contributed by atoms with Crippen LogP contribution in [-0.4, -0.2) is 49.5 Å². The van der Waals surface area contributed by atoms with Crippen LogP contribution in [0.5, 0.6) is 5.75 Å². The molecular weight excluding hydrogens is 420 g/mol. The first-order valence-electron chi connectivity index (χ1n) is 9.56. The van der Waals surface area contributed by atoms with Gasteiger partial charge in [0.15, 0.2) is 6.61 Å². The molecule has 0 radical (unpaired) electrons. The fourth-order valence-electron chi connectivity index (χ4n) is 2.57. The lowest BCUT2D eigenvalue weighted by atomic mass is 10.2. The predicted octanol–water partition coefficient (Wildman–Crippen LogP) is 3.07. The molecule has 0 unspecified atom stereocenters. The van der Waals surface area contributed by atoms with Gasteiger partial charge in [0.2, 0.25) is 5.91 Å². The standard InChI is InChI=1S/C23H25ClN2O5/c1-16(25-21(27)12-9-17-7-10-20(30-3)11-8-17)23(29)31-15-22(28)26(2)14-18-5-4-6-19(24)13-18/h4-13,16H,14-15H2,1-3H3,(H,25,27)/t16-/m0/s1. The van der Waals surface area contributed by atoms with Gasteiger partial charge in [0.1, 0.15) is 11.8 Å². The Morgan fingerprint density at radius 3 is 2.52 bits per heavy atom. The molecule has 1 N–H and O–H groups in total. The summed E-state index contributed by atoms with van der Waals surface area (Å²) in [6.45, 7) is 1.40. The van der Waals surface area contributed by atoms with E-state index in [1.54, 1.807) is 62.7 Å². The normalized spacial score (nSPS) is 11.6. The van der Waals surface area contributed by atoms with Crippen LogP contribution in [0, 0.1) is 0 Å². The number of hydrogen-bond acceptors (Lipinski definition) is 5. The minimum atomic E-state index is -0.904. The van der Waals surface area contributed by atoms with Gasteiger partial charge in [-0.25, -0.2) is 4.79 Å². The Hall–Kier alpha value is -3.32. The van der Waals surface area contributed by atoms with Gasteiger partial charge in [-0.1, -0.05) is 35.9 Å². The average Bonchev–Trinajstić information content (AvgIpc) is 2.76. The maximum Gasteiger partial charge on any atom is 0.328 e. The monoisotopic (exact) mass is 444 g/mol. The maximum absolute atomic E-state index is 12.2. The van der Waals surface area contributed by atoms with Gasteiger partial charge in [-0.05, 0) is 48.4 Å². The van der Waals surface area contributed by atoms with E-state index in [1.807, 2.05) is 6.07 Å². The molecule has 2 aromatic rings. The third-order valence-corrected chi connectivity index (χ3v) is 4.56. The Bertz CT molecular complexity index is 943. The molecular formula is C23H25ClN2O5. The number of nitrogens with zero attached hydrogens (tertiary/aromatic N) is 1. The molecule has 0 spiro atoms. The van der Waals surface area contributed by atoms with Gasteiger partial charge in [-0.15, -0.1) is 0 Å². The first kappa shape index (κ1) is 24.0. The van der Waals surface area contributed by atoms with Crippen molar-refractivity contribution < 1.29 is 23.9 Å². The zero-order valence-electron chi connectivity index (χ0n) is 17.6. The summed E-state index contributed by atoms with van der Waals surface area (Å²) >= 11 is 5.94. The molecule has 0 saturated carbocycles. The molecule has 2 rings (SSSR count). The van der Waals surface area contributed by atoms with E-state index in [-0.39, 0.29) is 5.91 Å². The molecule has 2 aromatic carbocycles. The summed E-state index contributed by atoms with van der Waals surface area (Å²) in [4.78, 5) is 37.7. The second kappa shape index (κ2) is 11.8. The predicted molar refractivity (Wildman–Crippen MR) is 119 cm³/mol. The maximum atomic E-state index is 12.2. The van der Waals surface area contributed by atoms with Crippen molar-refractivity contribution in [2.45, 2.75) is 19.5 Å². The third kappa shape index (κ3) is 8.14. The second-order valence-corrected chi connectivity index (χ2v) is 7.26. The molecule has 0 heterocycles. The zero-order chi connectivity index (χ0) is 22.8. The molecule has 0 fully saturated rings. The van der Waals surface area contributed by atoms with Crippen LogP contribution in [0.4, 0.5) is 0 Å². The van der Waals surface area contributed by atoms with Gasteiger partial charge in [0.05, 0.1) is 7.11 Å². The van der Waals surface area contributed by atoms with E-state index in [0.29, 0.717) is 17.3 Å². The van der Waals surface area contributed by atoms with Gasteiger partial charge in [-0.3, -0.25) is 9.59 Å². The van der Waals surface area contributed by atoms with Gasteiger partial charge in [-0.2, -0.15) is 0 Å². The molecule has 164 valence electrons. The van der Waals surface area contributed by atoms with Crippen LogP contribution in [0.2, 0.25) is 5.02 Å². The van der Waals surface area contributed by atoms with Crippen LogP contribution in [0.15, 0.2) is 54.6 Å². The Balaban J connectivity index is 1.76. The fourth-order valence-corrected chi connectivity index (χ4v) is 2.79. The number of nitrogens with one attached hydrogen (secondary N) is 1. The lowest BCUT2D eigenvalue weighted by Gasteiger charge is -2.18. The molecule has 7 nitrogen and oxygen atoms in total. The average molecular weight is 445 g/mol. The summed E-state index contributed by atoms with van der Waals surface area (Å²) in [7, 11) is 3.18. The number of ether oxygens (including phenoxy) is 2. The van der Waals surface area contributed by atoms with Gasteiger partial charge >= 0.3 is 5.97 Å². The van der Waals surface area contributed by atoms with E-state index in [1.165, 1.54) is 17.9 Å². The Labute approximate surface area is 186 Å². The van der Waals surface area contributed by atoms with Gasteiger partial charge in [0.25, 0.3) is 5.91 Å². The van der Waals surface area contributed by atoms with Crippen LogP contribution < -0.4 is 10.1 Å². The van der Waals surface area contributed by atoms with Crippen molar-refractivity contribution in [2.24, 2.45) is 0 Å². The molecule has 0 aliphatic rings. The molecule has 1 atom stereocenters. The summed E-state index contributed by atoms with van der Waals surface area (Å²) in [6.07, 6.45) is 2.93. The number of methoxy groups -OCH3 is 1. The fraction of sp³-hybridized carbons (Fsp3) is 0.261. The van der Waals surface area contributed by atoms with E-state index < -0.39 is 24.5 Å². The van der Waals surface area contributed by atoms with Crippen molar-refractivity contribution in [1.29, 1.82) is 0 Å². The van der Waals surface area contributed by atoms with Crippen molar-refractivity contribution in [3.63, 3.8) is 0 Å². The topological polar surface area (TPSA) is 84.9 Å². The SMILES string of the molecule is COc1ccc(C=CC(=O)N[C@@H](C)C(=O)OCC(=O)N(C)Cc2cccc(Cl)c2)cc1. The molecule has 2 amide bonds. The molecule has 0 bridgehead atoms. The first-order chi connectivity index (χ1) is 14.8. The molecule has 0 aliphatic carbocycles.